The average molecular weight is 492 g/mol. The lowest BCUT2D eigenvalue weighted by Gasteiger charge is -2.36. The first-order chi connectivity index (χ1) is 18.2. The summed E-state index contributed by atoms with van der Waals surface area (Å²) in [6.07, 6.45) is 4.86. The van der Waals surface area contributed by atoms with E-state index in [9.17, 15) is 9.59 Å². The van der Waals surface area contributed by atoms with E-state index in [0.717, 1.165) is 54.1 Å². The van der Waals surface area contributed by atoms with Crippen molar-refractivity contribution in [3.63, 3.8) is 0 Å². The molecule has 0 spiro atoms. The van der Waals surface area contributed by atoms with Gasteiger partial charge in [-0.25, -0.2) is 0 Å². The Kier molecular flexibility index (Phi) is 6.26. The minimum absolute atomic E-state index is 0.143. The maximum absolute atomic E-state index is 13.7. The second-order valence-corrected chi connectivity index (χ2v) is 9.76. The van der Waals surface area contributed by atoms with Gasteiger partial charge in [-0.15, -0.1) is 10.2 Å². The predicted octanol–water partition coefficient (Wildman–Crippen LogP) is 4.88. The molecule has 6 rings (SSSR count). The van der Waals surface area contributed by atoms with Crippen LogP contribution in [-0.2, 0) is 30.7 Å². The molecule has 1 aromatic heterocycles. The molecule has 1 atom stereocenters. The van der Waals surface area contributed by atoms with Crippen LogP contribution in [-0.4, -0.2) is 37.5 Å². The zero-order valence-corrected chi connectivity index (χ0v) is 20.6. The van der Waals surface area contributed by atoms with Crippen molar-refractivity contribution in [2.45, 2.75) is 51.2 Å². The van der Waals surface area contributed by atoms with Gasteiger partial charge in [0.15, 0.2) is 5.82 Å². The summed E-state index contributed by atoms with van der Waals surface area (Å²) in [4.78, 5) is 28.8. The van der Waals surface area contributed by atoms with Gasteiger partial charge in [0.05, 0.1) is 0 Å². The van der Waals surface area contributed by atoms with Crippen LogP contribution in [0.25, 0.3) is 11.4 Å². The van der Waals surface area contributed by atoms with Gasteiger partial charge in [0, 0.05) is 42.7 Å². The Morgan fingerprint density at radius 3 is 2.51 bits per heavy atom. The summed E-state index contributed by atoms with van der Waals surface area (Å²) in [5.74, 6) is 1.52. The van der Waals surface area contributed by atoms with E-state index < -0.39 is 6.04 Å². The lowest BCUT2D eigenvalue weighted by atomic mass is 9.92. The third kappa shape index (κ3) is 4.65. The third-order valence-electron chi connectivity index (χ3n) is 7.33. The van der Waals surface area contributed by atoms with Crippen LogP contribution in [0.5, 0.6) is 0 Å². The highest BCUT2D eigenvalue weighted by molar-refractivity contribution is 6.01. The third-order valence-corrected chi connectivity index (χ3v) is 7.33. The molecule has 0 fully saturated rings. The van der Waals surface area contributed by atoms with Gasteiger partial charge in [0.1, 0.15) is 11.9 Å². The number of carbonyl (C=O) groups is 2. The van der Waals surface area contributed by atoms with Crippen LogP contribution in [0.2, 0.25) is 0 Å². The van der Waals surface area contributed by atoms with E-state index in [1.807, 2.05) is 66.7 Å². The quantitative estimate of drug-likeness (QED) is 0.441. The maximum atomic E-state index is 13.7. The van der Waals surface area contributed by atoms with Gasteiger partial charge in [-0.1, -0.05) is 61.0 Å². The van der Waals surface area contributed by atoms with Crippen LogP contribution in [0, 0.1) is 0 Å². The Balaban J connectivity index is 1.27. The maximum Gasteiger partial charge on any atom is 0.254 e. The second kappa shape index (κ2) is 10.0. The fourth-order valence-electron chi connectivity index (χ4n) is 5.38. The van der Waals surface area contributed by atoms with E-state index in [2.05, 4.69) is 20.1 Å². The highest BCUT2D eigenvalue weighted by atomic mass is 16.2. The minimum Gasteiger partial charge on any atom is -0.324 e. The van der Waals surface area contributed by atoms with E-state index in [-0.39, 0.29) is 11.8 Å². The molecule has 186 valence electrons. The molecule has 7 nitrogen and oxygen atoms in total. The first kappa shape index (κ1) is 23.2. The van der Waals surface area contributed by atoms with Crippen LogP contribution in [0.15, 0.2) is 78.9 Å². The normalized spacial score (nSPS) is 16.9. The van der Waals surface area contributed by atoms with Crippen molar-refractivity contribution in [2.24, 2.45) is 0 Å². The standard InChI is InChI=1S/C30H29N5O2/c36-29(31-25-15-9-14-23(18-25)28-33-32-27-16-5-2-8-17-34(27)28)26-19-22-12-6-7-13-24(22)20-35(26)30(37)21-10-3-1-4-11-21/h1,3-4,6-7,9-15,18,26H,2,5,8,16-17,19-20H2,(H,31,36)/t26-/m0/s1. The molecule has 3 heterocycles. The zero-order chi connectivity index (χ0) is 25.2. The zero-order valence-electron chi connectivity index (χ0n) is 20.6. The molecule has 0 radical (unpaired) electrons. The number of hydrogen-bond acceptors (Lipinski definition) is 4. The Morgan fingerprint density at radius 2 is 1.65 bits per heavy atom. The monoisotopic (exact) mass is 491 g/mol. The number of rotatable bonds is 4. The summed E-state index contributed by atoms with van der Waals surface area (Å²) in [6, 6.07) is 24.3. The van der Waals surface area contributed by atoms with E-state index in [1.54, 1.807) is 17.0 Å². The number of amides is 2. The highest BCUT2D eigenvalue weighted by Gasteiger charge is 2.35. The van der Waals surface area contributed by atoms with Crippen molar-refractivity contribution < 1.29 is 9.59 Å². The number of fused-ring (bicyclic) bond motifs is 2. The number of aromatic nitrogens is 3. The fourth-order valence-corrected chi connectivity index (χ4v) is 5.38. The topological polar surface area (TPSA) is 80.1 Å². The number of anilines is 1. The van der Waals surface area contributed by atoms with Crippen molar-refractivity contribution in [3.05, 3.63) is 101 Å². The van der Waals surface area contributed by atoms with Crippen molar-refractivity contribution in [2.75, 3.05) is 5.32 Å². The van der Waals surface area contributed by atoms with Gasteiger partial charge >= 0.3 is 0 Å². The fraction of sp³-hybridized carbons (Fsp3) is 0.267. The van der Waals surface area contributed by atoms with Crippen molar-refractivity contribution >= 4 is 17.5 Å². The molecule has 2 amide bonds. The lowest BCUT2D eigenvalue weighted by molar-refractivity contribution is -0.121. The minimum atomic E-state index is -0.615. The van der Waals surface area contributed by atoms with Crippen LogP contribution in [0.4, 0.5) is 5.69 Å². The summed E-state index contributed by atoms with van der Waals surface area (Å²) in [7, 11) is 0. The lowest BCUT2D eigenvalue weighted by Crippen LogP contribution is -2.50. The Hall–Kier alpha value is -4.26. The summed E-state index contributed by atoms with van der Waals surface area (Å²) >= 11 is 0. The van der Waals surface area contributed by atoms with Crippen molar-refractivity contribution in [1.29, 1.82) is 0 Å². The molecular formula is C30H29N5O2. The van der Waals surface area contributed by atoms with Gasteiger partial charge in [0.2, 0.25) is 5.91 Å². The highest BCUT2D eigenvalue weighted by Crippen LogP contribution is 2.28. The van der Waals surface area contributed by atoms with Crippen LogP contribution >= 0.6 is 0 Å². The number of benzene rings is 3. The smallest absolute Gasteiger partial charge is 0.254 e. The molecule has 0 aliphatic carbocycles. The molecule has 37 heavy (non-hydrogen) atoms. The molecule has 0 saturated carbocycles. The summed E-state index contributed by atoms with van der Waals surface area (Å²) in [6.45, 7) is 1.31. The second-order valence-electron chi connectivity index (χ2n) is 9.76. The molecule has 0 bridgehead atoms. The largest absolute Gasteiger partial charge is 0.324 e. The number of hydrogen-bond donors (Lipinski definition) is 1. The first-order valence-electron chi connectivity index (χ1n) is 12.9. The van der Waals surface area contributed by atoms with E-state index in [0.29, 0.717) is 24.2 Å². The van der Waals surface area contributed by atoms with Crippen LogP contribution in [0.3, 0.4) is 0 Å². The molecule has 3 aromatic carbocycles. The molecule has 4 aromatic rings. The Bertz CT molecular complexity index is 1450. The van der Waals surface area contributed by atoms with Gasteiger partial charge in [-0.3, -0.25) is 9.59 Å². The number of nitrogens with one attached hydrogen (secondary N) is 1. The average Bonchev–Trinajstić information content (AvgIpc) is 3.20. The molecule has 0 saturated heterocycles. The predicted molar refractivity (Wildman–Crippen MR) is 142 cm³/mol. The molecule has 0 unspecified atom stereocenters. The van der Waals surface area contributed by atoms with E-state index in [1.165, 1.54) is 6.42 Å². The summed E-state index contributed by atoms with van der Waals surface area (Å²) in [5, 5.41) is 12.0. The van der Waals surface area contributed by atoms with Crippen LogP contribution in [0.1, 0.15) is 46.6 Å². The Morgan fingerprint density at radius 1 is 0.838 bits per heavy atom. The van der Waals surface area contributed by atoms with Crippen LogP contribution < -0.4 is 5.32 Å². The molecule has 2 aliphatic heterocycles. The molecular weight excluding hydrogens is 462 g/mol. The van der Waals surface area contributed by atoms with Crippen molar-refractivity contribution in [3.8, 4) is 11.4 Å². The SMILES string of the molecule is O=C(Nc1cccc(-c2nnc3n2CCCCC3)c1)[C@@H]1Cc2ccccc2CN1C(=O)c1ccccc1. The Labute approximate surface area is 216 Å². The first-order valence-corrected chi connectivity index (χ1v) is 12.9. The number of nitrogens with zero attached hydrogens (tertiary/aromatic N) is 4. The van der Waals surface area contributed by atoms with Gasteiger partial charge in [0.25, 0.3) is 5.91 Å². The van der Waals surface area contributed by atoms with Crippen molar-refractivity contribution in [1.82, 2.24) is 19.7 Å². The van der Waals surface area contributed by atoms with Gasteiger partial charge < -0.3 is 14.8 Å². The van der Waals surface area contributed by atoms with E-state index >= 15 is 0 Å². The molecule has 2 aliphatic rings. The summed E-state index contributed by atoms with van der Waals surface area (Å²) in [5.41, 5.74) is 4.35. The molecule has 1 N–H and O–H groups in total. The summed E-state index contributed by atoms with van der Waals surface area (Å²) < 4.78 is 2.20. The van der Waals surface area contributed by atoms with Gasteiger partial charge in [-0.2, -0.15) is 0 Å². The van der Waals surface area contributed by atoms with E-state index in [4.69, 9.17) is 0 Å². The number of aryl methyl sites for hydroxylation is 1. The molecule has 7 heteroatoms. The number of carbonyl (C=O) groups excluding carboxylic acids is 2. The van der Waals surface area contributed by atoms with Gasteiger partial charge in [-0.05, 0) is 48.2 Å².